The van der Waals surface area contributed by atoms with Crippen LogP contribution >= 0.6 is 11.6 Å². The molecule has 0 radical (unpaired) electrons. The van der Waals surface area contributed by atoms with E-state index in [9.17, 15) is 4.79 Å². The molecule has 0 saturated carbocycles. The molecule has 70 valence electrons. The number of Topliss-reactive ketones (excluding diaryl/α,β-unsaturated/α-hetero) is 1. The Morgan fingerprint density at radius 3 is 3.00 bits per heavy atom. The fourth-order valence-corrected chi connectivity index (χ4v) is 1.07. The van der Waals surface area contributed by atoms with E-state index < -0.39 is 0 Å². The molecule has 0 N–H and O–H groups in total. The van der Waals surface area contributed by atoms with E-state index in [0.717, 1.165) is 5.56 Å². The van der Waals surface area contributed by atoms with E-state index in [1.807, 2.05) is 0 Å². The molecule has 0 aliphatic rings. The second-order valence-electron chi connectivity index (χ2n) is 2.57. The van der Waals surface area contributed by atoms with Gasteiger partial charge in [0.15, 0.2) is 5.78 Å². The predicted octanol–water partition coefficient (Wildman–Crippen LogP) is 1.65. The number of carbonyl (C=O) groups is 1. The lowest BCUT2D eigenvalue weighted by Gasteiger charge is -2.00. The zero-order valence-electron chi connectivity index (χ0n) is 7.29. The van der Waals surface area contributed by atoms with Gasteiger partial charge in [-0.2, -0.15) is 0 Å². The third-order valence-electron chi connectivity index (χ3n) is 1.55. The average molecular weight is 200 g/mol. The van der Waals surface area contributed by atoms with E-state index in [1.54, 1.807) is 12.3 Å². The van der Waals surface area contributed by atoms with Crippen molar-refractivity contribution in [3.63, 3.8) is 0 Å². The van der Waals surface area contributed by atoms with Crippen LogP contribution in [0.4, 0.5) is 0 Å². The van der Waals surface area contributed by atoms with Crippen molar-refractivity contribution in [1.82, 2.24) is 4.98 Å². The Hall–Kier alpha value is -0.930. The Balaban J connectivity index is 2.82. The number of alkyl halides is 1. The van der Waals surface area contributed by atoms with Gasteiger partial charge in [0.25, 0.3) is 0 Å². The highest BCUT2D eigenvalue weighted by molar-refractivity contribution is 6.17. The SMILES string of the molecule is COCC(=O)c1cncc(CCl)c1. The molecule has 1 aromatic heterocycles. The van der Waals surface area contributed by atoms with Crippen LogP contribution in [0.2, 0.25) is 0 Å². The quantitative estimate of drug-likeness (QED) is 0.547. The van der Waals surface area contributed by atoms with Crippen LogP contribution in [0, 0.1) is 0 Å². The second kappa shape index (κ2) is 4.94. The van der Waals surface area contributed by atoms with Crippen molar-refractivity contribution in [2.75, 3.05) is 13.7 Å². The Morgan fingerprint density at radius 2 is 2.38 bits per heavy atom. The zero-order valence-corrected chi connectivity index (χ0v) is 8.04. The van der Waals surface area contributed by atoms with Crippen molar-refractivity contribution in [3.8, 4) is 0 Å². The van der Waals surface area contributed by atoms with Gasteiger partial charge in [0.05, 0.1) is 0 Å². The minimum Gasteiger partial charge on any atom is -0.377 e. The lowest BCUT2D eigenvalue weighted by molar-refractivity contribution is 0.0847. The molecule has 1 rings (SSSR count). The molecule has 4 heteroatoms. The van der Waals surface area contributed by atoms with Crippen molar-refractivity contribution in [2.24, 2.45) is 0 Å². The smallest absolute Gasteiger partial charge is 0.189 e. The number of halogens is 1. The molecule has 0 bridgehead atoms. The molecule has 0 atom stereocenters. The molecule has 0 spiro atoms. The first-order chi connectivity index (χ1) is 6.27. The van der Waals surface area contributed by atoms with E-state index in [4.69, 9.17) is 16.3 Å². The molecule has 0 aliphatic carbocycles. The number of pyridine rings is 1. The molecule has 0 aliphatic heterocycles. The van der Waals surface area contributed by atoms with Crippen molar-refractivity contribution in [2.45, 2.75) is 5.88 Å². The largest absolute Gasteiger partial charge is 0.377 e. The summed E-state index contributed by atoms with van der Waals surface area (Å²) in [6.45, 7) is 0.0768. The van der Waals surface area contributed by atoms with Gasteiger partial charge in [-0.25, -0.2) is 0 Å². The first kappa shape index (κ1) is 10.2. The van der Waals surface area contributed by atoms with E-state index in [1.165, 1.54) is 13.3 Å². The highest BCUT2D eigenvalue weighted by Gasteiger charge is 2.05. The van der Waals surface area contributed by atoms with Gasteiger partial charge in [-0.05, 0) is 11.6 Å². The van der Waals surface area contributed by atoms with E-state index in [-0.39, 0.29) is 12.4 Å². The van der Waals surface area contributed by atoms with Crippen molar-refractivity contribution in [3.05, 3.63) is 29.6 Å². The lowest BCUT2D eigenvalue weighted by atomic mass is 10.1. The van der Waals surface area contributed by atoms with Gasteiger partial charge in [0.2, 0.25) is 0 Å². The molecule has 13 heavy (non-hydrogen) atoms. The number of ether oxygens (including phenoxy) is 1. The van der Waals surface area contributed by atoms with Crippen molar-refractivity contribution < 1.29 is 9.53 Å². The molecule has 1 aromatic rings. The highest BCUT2D eigenvalue weighted by Crippen LogP contribution is 2.06. The fourth-order valence-electron chi connectivity index (χ4n) is 0.928. The number of hydrogen-bond donors (Lipinski definition) is 0. The summed E-state index contributed by atoms with van der Waals surface area (Å²) in [6.07, 6.45) is 3.15. The van der Waals surface area contributed by atoms with Gasteiger partial charge in [0.1, 0.15) is 6.61 Å². The summed E-state index contributed by atoms with van der Waals surface area (Å²) in [5.74, 6) is 0.281. The third-order valence-corrected chi connectivity index (χ3v) is 1.86. The summed E-state index contributed by atoms with van der Waals surface area (Å²) >= 11 is 5.60. The Labute approximate surface area is 81.7 Å². The van der Waals surface area contributed by atoms with Gasteiger partial charge < -0.3 is 4.74 Å². The van der Waals surface area contributed by atoms with Gasteiger partial charge in [-0.3, -0.25) is 9.78 Å². The van der Waals surface area contributed by atoms with Crippen LogP contribution in [0.5, 0.6) is 0 Å². The van der Waals surface area contributed by atoms with Gasteiger partial charge >= 0.3 is 0 Å². The molecule has 0 unspecified atom stereocenters. The number of rotatable bonds is 4. The van der Waals surface area contributed by atoms with Crippen LogP contribution in [-0.4, -0.2) is 24.5 Å². The summed E-state index contributed by atoms with van der Waals surface area (Å²) in [5, 5.41) is 0. The molecule has 0 aromatic carbocycles. The maximum Gasteiger partial charge on any atom is 0.189 e. The number of aromatic nitrogens is 1. The number of ketones is 1. The Morgan fingerprint density at radius 1 is 1.62 bits per heavy atom. The van der Waals surface area contributed by atoms with Gasteiger partial charge in [0, 0.05) is 30.9 Å². The predicted molar refractivity (Wildman–Crippen MR) is 50.0 cm³/mol. The summed E-state index contributed by atoms with van der Waals surface area (Å²) in [7, 11) is 1.48. The maximum absolute atomic E-state index is 11.3. The number of hydrogen-bond acceptors (Lipinski definition) is 3. The zero-order chi connectivity index (χ0) is 9.68. The molecular formula is C9H10ClNO2. The monoisotopic (exact) mass is 199 g/mol. The minimum atomic E-state index is -0.0815. The number of methoxy groups -OCH3 is 1. The molecule has 1 heterocycles. The van der Waals surface area contributed by atoms with Gasteiger partial charge in [-0.1, -0.05) is 0 Å². The van der Waals surface area contributed by atoms with E-state index in [0.29, 0.717) is 11.4 Å². The lowest BCUT2D eigenvalue weighted by Crippen LogP contribution is -2.07. The average Bonchev–Trinajstić information content (AvgIpc) is 2.18. The molecular weight excluding hydrogens is 190 g/mol. The van der Waals surface area contributed by atoms with Crippen LogP contribution < -0.4 is 0 Å². The standard InChI is InChI=1S/C9H10ClNO2/c1-13-6-9(12)8-2-7(3-10)4-11-5-8/h2,4-5H,3,6H2,1H3. The van der Waals surface area contributed by atoms with Crippen LogP contribution in [0.3, 0.4) is 0 Å². The third kappa shape index (κ3) is 2.79. The maximum atomic E-state index is 11.3. The minimum absolute atomic E-state index is 0.0768. The van der Waals surface area contributed by atoms with Crippen LogP contribution in [-0.2, 0) is 10.6 Å². The van der Waals surface area contributed by atoms with Crippen LogP contribution in [0.15, 0.2) is 18.5 Å². The second-order valence-corrected chi connectivity index (χ2v) is 2.84. The molecule has 0 saturated heterocycles. The van der Waals surface area contributed by atoms with Gasteiger partial charge in [-0.15, -0.1) is 11.6 Å². The molecule has 0 fully saturated rings. The first-order valence-corrected chi connectivity index (χ1v) is 4.33. The van der Waals surface area contributed by atoms with Crippen molar-refractivity contribution >= 4 is 17.4 Å². The topological polar surface area (TPSA) is 39.2 Å². The van der Waals surface area contributed by atoms with Crippen LogP contribution in [0.25, 0.3) is 0 Å². The Kier molecular flexibility index (Phi) is 3.86. The van der Waals surface area contributed by atoms with E-state index in [2.05, 4.69) is 4.98 Å². The fraction of sp³-hybridized carbons (Fsp3) is 0.333. The first-order valence-electron chi connectivity index (χ1n) is 3.80. The van der Waals surface area contributed by atoms with E-state index >= 15 is 0 Å². The highest BCUT2D eigenvalue weighted by atomic mass is 35.5. The summed E-state index contributed by atoms with van der Waals surface area (Å²) < 4.78 is 4.72. The number of carbonyl (C=O) groups excluding carboxylic acids is 1. The molecule has 3 nitrogen and oxygen atoms in total. The summed E-state index contributed by atoms with van der Waals surface area (Å²) in [6, 6.07) is 1.72. The van der Waals surface area contributed by atoms with Crippen LogP contribution in [0.1, 0.15) is 15.9 Å². The Bertz CT molecular complexity index is 301. The molecule has 0 amide bonds. The summed E-state index contributed by atoms with van der Waals surface area (Å²) in [5.41, 5.74) is 1.38. The summed E-state index contributed by atoms with van der Waals surface area (Å²) in [4.78, 5) is 15.2. The normalized spacial score (nSPS) is 10.0. The number of nitrogens with zero attached hydrogens (tertiary/aromatic N) is 1. The van der Waals surface area contributed by atoms with Crippen molar-refractivity contribution in [1.29, 1.82) is 0 Å².